The number of rotatable bonds is 3. The third-order valence-electron chi connectivity index (χ3n) is 6.68. The molecule has 0 aliphatic carbocycles. The number of anilines is 2. The van der Waals surface area contributed by atoms with E-state index in [0.29, 0.717) is 12.1 Å². The van der Waals surface area contributed by atoms with Crippen molar-refractivity contribution in [2.75, 3.05) is 24.3 Å². The monoisotopic (exact) mass is 405 g/mol. The first-order valence-electron chi connectivity index (χ1n) is 10.2. The topological polar surface area (TPSA) is 87.7 Å². The lowest BCUT2D eigenvalue weighted by molar-refractivity contribution is -0.135. The molecule has 2 fully saturated rings. The summed E-state index contributed by atoms with van der Waals surface area (Å²) >= 11 is 0. The normalized spacial score (nSPS) is 26.9. The summed E-state index contributed by atoms with van der Waals surface area (Å²) in [7, 11) is 1.31. The molecular weight excluding hydrogens is 382 g/mol. The molecule has 2 N–H and O–H groups in total. The first-order valence-corrected chi connectivity index (χ1v) is 10.2. The highest BCUT2D eigenvalue weighted by molar-refractivity contribution is 6.11. The fraction of sp³-hybridized carbons (Fsp3) is 0.348. The summed E-state index contributed by atoms with van der Waals surface area (Å²) in [6.07, 6.45) is 2.59. The molecule has 2 amide bonds. The van der Waals surface area contributed by atoms with Gasteiger partial charge in [0, 0.05) is 17.3 Å². The van der Waals surface area contributed by atoms with E-state index in [0.717, 1.165) is 30.6 Å². The number of ether oxygens (including phenoxy) is 1. The number of fused-ring (bicyclic) bond motifs is 4. The average Bonchev–Trinajstić information content (AvgIpc) is 3.42. The highest BCUT2D eigenvalue weighted by atomic mass is 16.5. The number of hydrogen-bond acceptors (Lipinski definition) is 5. The van der Waals surface area contributed by atoms with Gasteiger partial charge in [0.1, 0.15) is 5.54 Å². The van der Waals surface area contributed by atoms with Crippen LogP contribution in [-0.4, -0.2) is 42.4 Å². The Balaban J connectivity index is 1.55. The van der Waals surface area contributed by atoms with Gasteiger partial charge in [0.2, 0.25) is 11.8 Å². The number of para-hydroxylation sites is 2. The van der Waals surface area contributed by atoms with Crippen molar-refractivity contribution in [2.24, 2.45) is 5.92 Å². The predicted octanol–water partition coefficient (Wildman–Crippen LogP) is 2.74. The first-order chi connectivity index (χ1) is 14.6. The van der Waals surface area contributed by atoms with Gasteiger partial charge in [-0.1, -0.05) is 30.3 Å². The molecule has 2 aromatic rings. The highest BCUT2D eigenvalue weighted by Crippen LogP contribution is 2.55. The van der Waals surface area contributed by atoms with Crippen LogP contribution in [-0.2, 0) is 19.9 Å². The maximum absolute atomic E-state index is 13.6. The van der Waals surface area contributed by atoms with E-state index in [-0.39, 0.29) is 23.4 Å². The molecule has 154 valence electrons. The van der Waals surface area contributed by atoms with Gasteiger partial charge in [0.15, 0.2) is 0 Å². The van der Waals surface area contributed by atoms with Crippen molar-refractivity contribution in [3.63, 3.8) is 0 Å². The van der Waals surface area contributed by atoms with Crippen LogP contribution in [0.15, 0.2) is 48.5 Å². The summed E-state index contributed by atoms with van der Waals surface area (Å²) in [6.45, 7) is 0.787. The zero-order valence-corrected chi connectivity index (χ0v) is 16.7. The third-order valence-corrected chi connectivity index (χ3v) is 6.68. The Morgan fingerprint density at radius 3 is 2.77 bits per heavy atom. The van der Waals surface area contributed by atoms with Crippen LogP contribution >= 0.6 is 0 Å². The van der Waals surface area contributed by atoms with Crippen LogP contribution in [0.25, 0.3) is 0 Å². The highest BCUT2D eigenvalue weighted by Gasteiger charge is 2.65. The number of carbonyl (C=O) groups is 3. The lowest BCUT2D eigenvalue weighted by Gasteiger charge is -2.36. The fourth-order valence-corrected chi connectivity index (χ4v) is 5.48. The van der Waals surface area contributed by atoms with Crippen molar-refractivity contribution < 1.29 is 19.1 Å². The van der Waals surface area contributed by atoms with Crippen molar-refractivity contribution in [2.45, 2.75) is 30.8 Å². The first kappa shape index (κ1) is 18.8. The minimum Gasteiger partial charge on any atom is -0.465 e. The van der Waals surface area contributed by atoms with Gasteiger partial charge < -0.3 is 15.4 Å². The van der Waals surface area contributed by atoms with E-state index in [1.165, 1.54) is 7.11 Å². The number of hydrogen-bond donors (Lipinski definition) is 2. The van der Waals surface area contributed by atoms with Crippen molar-refractivity contribution in [1.29, 1.82) is 0 Å². The maximum atomic E-state index is 13.6. The lowest BCUT2D eigenvalue weighted by Crippen LogP contribution is -2.53. The second kappa shape index (κ2) is 6.95. The summed E-state index contributed by atoms with van der Waals surface area (Å²) in [5.74, 6) is -1.48. The second-order valence-corrected chi connectivity index (χ2v) is 8.07. The molecule has 7 heteroatoms. The number of benzene rings is 2. The standard InChI is InChI=1S/C23H23N3O4/c1-30-21(28)15-8-2-4-10-18(15)24-20(27)17-13-14-7-6-12-26(14)23(17)16-9-3-5-11-19(16)25-22(23)29/h2-5,8-11,14,17H,6-7,12-13H2,1H3,(H,24,27)(H,25,29). The maximum Gasteiger partial charge on any atom is 0.339 e. The van der Waals surface area contributed by atoms with Crippen molar-refractivity contribution >= 4 is 29.2 Å². The Morgan fingerprint density at radius 2 is 1.93 bits per heavy atom. The van der Waals surface area contributed by atoms with E-state index in [4.69, 9.17) is 4.74 Å². The van der Waals surface area contributed by atoms with Crippen LogP contribution in [0.3, 0.4) is 0 Å². The minimum atomic E-state index is -1.01. The second-order valence-electron chi connectivity index (χ2n) is 8.07. The van der Waals surface area contributed by atoms with E-state index < -0.39 is 17.4 Å². The van der Waals surface area contributed by atoms with Crippen LogP contribution in [0, 0.1) is 5.92 Å². The summed E-state index contributed by atoms with van der Waals surface area (Å²) in [6, 6.07) is 14.6. The molecule has 0 saturated carbocycles. The van der Waals surface area contributed by atoms with E-state index in [9.17, 15) is 14.4 Å². The van der Waals surface area contributed by atoms with Crippen LogP contribution in [0.2, 0.25) is 0 Å². The lowest BCUT2D eigenvalue weighted by atomic mass is 9.78. The molecule has 5 rings (SSSR count). The molecule has 0 radical (unpaired) electrons. The van der Waals surface area contributed by atoms with Crippen molar-refractivity contribution in [3.8, 4) is 0 Å². The summed E-state index contributed by atoms with van der Waals surface area (Å²) < 4.78 is 4.84. The molecule has 3 aliphatic heterocycles. The van der Waals surface area contributed by atoms with Crippen LogP contribution in [0.4, 0.5) is 11.4 Å². The largest absolute Gasteiger partial charge is 0.465 e. The number of nitrogens with zero attached hydrogens (tertiary/aromatic N) is 1. The van der Waals surface area contributed by atoms with Gasteiger partial charge >= 0.3 is 5.97 Å². The molecule has 0 bridgehead atoms. The Kier molecular flexibility index (Phi) is 4.36. The van der Waals surface area contributed by atoms with Gasteiger partial charge in [-0.15, -0.1) is 0 Å². The molecule has 3 unspecified atom stereocenters. The van der Waals surface area contributed by atoms with E-state index in [1.807, 2.05) is 24.3 Å². The van der Waals surface area contributed by atoms with Gasteiger partial charge in [-0.3, -0.25) is 14.5 Å². The molecule has 1 spiro atoms. The predicted molar refractivity (Wildman–Crippen MR) is 111 cm³/mol. The van der Waals surface area contributed by atoms with Crippen LogP contribution < -0.4 is 10.6 Å². The molecule has 3 atom stereocenters. The van der Waals surface area contributed by atoms with E-state index >= 15 is 0 Å². The van der Waals surface area contributed by atoms with Crippen molar-refractivity contribution in [1.82, 2.24) is 4.90 Å². The quantitative estimate of drug-likeness (QED) is 0.767. The zero-order valence-electron chi connectivity index (χ0n) is 16.7. The van der Waals surface area contributed by atoms with Gasteiger partial charge in [-0.2, -0.15) is 0 Å². The minimum absolute atomic E-state index is 0.144. The SMILES string of the molecule is COC(=O)c1ccccc1NC(=O)C1CC2CCCN2C12C(=O)Nc1ccccc12. The van der Waals surface area contributed by atoms with Crippen molar-refractivity contribution in [3.05, 3.63) is 59.7 Å². The Labute approximate surface area is 174 Å². The van der Waals surface area contributed by atoms with E-state index in [2.05, 4.69) is 15.5 Å². The summed E-state index contributed by atoms with van der Waals surface area (Å²) in [5, 5.41) is 5.91. The van der Waals surface area contributed by atoms with E-state index in [1.54, 1.807) is 24.3 Å². The fourth-order valence-electron chi connectivity index (χ4n) is 5.48. The molecule has 3 aliphatic rings. The van der Waals surface area contributed by atoms with Gasteiger partial charge in [0.05, 0.1) is 24.3 Å². The smallest absolute Gasteiger partial charge is 0.339 e. The summed E-state index contributed by atoms with van der Waals surface area (Å²) in [5.41, 5.74) is 1.30. The molecule has 2 aromatic carbocycles. The Morgan fingerprint density at radius 1 is 1.17 bits per heavy atom. The van der Waals surface area contributed by atoms with Crippen LogP contribution in [0.5, 0.6) is 0 Å². The molecule has 30 heavy (non-hydrogen) atoms. The number of nitrogens with one attached hydrogen (secondary N) is 2. The number of amides is 2. The number of methoxy groups -OCH3 is 1. The third kappa shape index (κ3) is 2.51. The Bertz CT molecular complexity index is 1050. The average molecular weight is 405 g/mol. The molecule has 2 saturated heterocycles. The molecular formula is C23H23N3O4. The molecule has 0 aromatic heterocycles. The molecule has 7 nitrogen and oxygen atoms in total. The van der Waals surface area contributed by atoms with Gasteiger partial charge in [-0.25, -0.2) is 4.79 Å². The zero-order chi connectivity index (χ0) is 20.9. The van der Waals surface area contributed by atoms with Gasteiger partial charge in [-0.05, 0) is 44.0 Å². The van der Waals surface area contributed by atoms with Crippen LogP contribution in [0.1, 0.15) is 35.2 Å². The Hall–Kier alpha value is -3.19. The molecule has 3 heterocycles. The number of esters is 1. The van der Waals surface area contributed by atoms with Gasteiger partial charge in [0.25, 0.3) is 0 Å². The number of carbonyl (C=O) groups excluding carboxylic acids is 3. The summed E-state index contributed by atoms with van der Waals surface area (Å²) in [4.78, 5) is 41.3.